The molecule has 0 spiro atoms. The van der Waals surface area contributed by atoms with Crippen LogP contribution in [0.15, 0.2) is 17.5 Å². The first-order valence-electron chi connectivity index (χ1n) is 5.49. The Hall–Kier alpha value is -1.12. The zero-order valence-corrected chi connectivity index (χ0v) is 12.4. The number of aromatic nitrogens is 2. The van der Waals surface area contributed by atoms with Gasteiger partial charge in [0.1, 0.15) is 22.2 Å². The summed E-state index contributed by atoms with van der Waals surface area (Å²) in [6, 6.07) is 0. The van der Waals surface area contributed by atoms with E-state index in [9.17, 15) is 8.42 Å². The molecule has 0 atom stereocenters. The van der Waals surface area contributed by atoms with Crippen molar-refractivity contribution in [1.82, 2.24) is 4.57 Å². The quantitative estimate of drug-likeness (QED) is 0.187. The summed E-state index contributed by atoms with van der Waals surface area (Å²) in [4.78, 5) is 0. The number of aryl methyl sites for hydroxylation is 1. The second-order valence-corrected chi connectivity index (χ2v) is 6.08. The maximum atomic E-state index is 10.9. The number of hydrogen-bond acceptors (Lipinski definition) is 5. The molecule has 110 valence electrons. The topological polar surface area (TPSA) is 84.8 Å². The standard InChI is InChI=1S/C10H17N3O4S.ClH/c1-3-12-4-5-13(10(12)8-11-14)9-17-6-7-18(2,15)16;/h4-5,8H,3,6-7,9H2,1-2H3;1H. The van der Waals surface area contributed by atoms with Crippen LogP contribution in [0.4, 0.5) is 0 Å². The Morgan fingerprint density at radius 3 is 2.79 bits per heavy atom. The molecule has 0 unspecified atom stereocenters. The van der Waals surface area contributed by atoms with E-state index in [2.05, 4.69) is 5.16 Å². The molecular weight excluding hydrogens is 294 g/mol. The molecule has 0 saturated carbocycles. The average molecular weight is 312 g/mol. The summed E-state index contributed by atoms with van der Waals surface area (Å²) >= 11 is 0. The Labute approximate surface area is 118 Å². The second kappa shape index (κ2) is 8.13. The summed E-state index contributed by atoms with van der Waals surface area (Å²) in [7, 11) is -3.00. The summed E-state index contributed by atoms with van der Waals surface area (Å²) in [6.07, 6.45) is 6.09. The normalized spacial score (nSPS) is 11.7. The van der Waals surface area contributed by atoms with Gasteiger partial charge in [-0.2, -0.15) is 0 Å². The van der Waals surface area contributed by atoms with E-state index >= 15 is 0 Å². The molecule has 1 heterocycles. The Kier molecular flexibility index (Phi) is 7.65. The van der Waals surface area contributed by atoms with Gasteiger partial charge in [-0.1, -0.05) is 5.16 Å². The minimum Gasteiger partial charge on any atom is -1.00 e. The van der Waals surface area contributed by atoms with Crippen LogP contribution in [0, 0.1) is 0 Å². The Morgan fingerprint density at radius 1 is 1.58 bits per heavy atom. The zero-order valence-electron chi connectivity index (χ0n) is 10.9. The fourth-order valence-electron chi connectivity index (χ4n) is 1.43. The molecule has 7 nitrogen and oxygen atoms in total. The maximum absolute atomic E-state index is 10.9. The lowest BCUT2D eigenvalue weighted by molar-refractivity contribution is -0.732. The van der Waals surface area contributed by atoms with Gasteiger partial charge < -0.3 is 22.4 Å². The third-order valence-corrected chi connectivity index (χ3v) is 3.27. The van der Waals surface area contributed by atoms with Crippen molar-refractivity contribution in [3.63, 3.8) is 0 Å². The van der Waals surface area contributed by atoms with E-state index in [0.29, 0.717) is 5.82 Å². The van der Waals surface area contributed by atoms with E-state index in [1.165, 1.54) is 12.5 Å². The summed E-state index contributed by atoms with van der Waals surface area (Å²) < 4.78 is 30.7. The number of sulfone groups is 1. The van der Waals surface area contributed by atoms with Gasteiger partial charge in [0.25, 0.3) is 0 Å². The maximum Gasteiger partial charge on any atom is 0.305 e. The highest BCUT2D eigenvalue weighted by atomic mass is 35.5. The van der Waals surface area contributed by atoms with Crippen molar-refractivity contribution in [2.24, 2.45) is 5.16 Å². The van der Waals surface area contributed by atoms with Crippen LogP contribution in [0.2, 0.25) is 0 Å². The molecule has 1 aromatic rings. The minimum atomic E-state index is -3.00. The molecule has 0 fully saturated rings. The number of oxime groups is 1. The molecule has 9 heteroatoms. The molecule has 0 aromatic carbocycles. The number of ether oxygens (including phenoxy) is 1. The third kappa shape index (κ3) is 6.04. The lowest BCUT2D eigenvalue weighted by Crippen LogP contribution is -3.00. The van der Waals surface area contributed by atoms with Crippen LogP contribution in [-0.2, 0) is 27.8 Å². The van der Waals surface area contributed by atoms with Crippen LogP contribution in [0.3, 0.4) is 0 Å². The van der Waals surface area contributed by atoms with Crippen molar-refractivity contribution in [3.05, 3.63) is 18.2 Å². The molecule has 1 N–H and O–H groups in total. The molecule has 0 amide bonds. The van der Waals surface area contributed by atoms with Crippen molar-refractivity contribution in [2.45, 2.75) is 20.2 Å². The van der Waals surface area contributed by atoms with Crippen molar-refractivity contribution in [3.8, 4) is 0 Å². The lowest BCUT2D eigenvalue weighted by Gasteiger charge is -2.02. The van der Waals surface area contributed by atoms with Crippen LogP contribution in [0.5, 0.6) is 0 Å². The van der Waals surface area contributed by atoms with Gasteiger partial charge in [0.2, 0.25) is 0 Å². The zero-order chi connectivity index (χ0) is 13.6. The predicted molar refractivity (Wildman–Crippen MR) is 65.3 cm³/mol. The van der Waals surface area contributed by atoms with Crippen LogP contribution < -0.4 is 17.0 Å². The van der Waals surface area contributed by atoms with E-state index in [0.717, 1.165) is 6.54 Å². The van der Waals surface area contributed by atoms with E-state index in [4.69, 9.17) is 9.94 Å². The van der Waals surface area contributed by atoms with Gasteiger partial charge in [0.15, 0.2) is 12.9 Å². The largest absolute Gasteiger partial charge is 1.00 e. The highest BCUT2D eigenvalue weighted by Crippen LogP contribution is 1.93. The first-order chi connectivity index (χ1) is 8.48. The number of nitrogens with zero attached hydrogens (tertiary/aromatic N) is 3. The van der Waals surface area contributed by atoms with Gasteiger partial charge in [0, 0.05) is 6.26 Å². The Balaban J connectivity index is 0.00000324. The third-order valence-electron chi connectivity index (χ3n) is 2.36. The smallest absolute Gasteiger partial charge is 0.305 e. The summed E-state index contributed by atoms with van der Waals surface area (Å²) in [5.74, 6) is 0.671. The van der Waals surface area contributed by atoms with Crippen LogP contribution in [0.25, 0.3) is 0 Å². The molecule has 0 bridgehead atoms. The van der Waals surface area contributed by atoms with E-state index in [1.54, 1.807) is 10.8 Å². The van der Waals surface area contributed by atoms with Gasteiger partial charge in [0.05, 0.1) is 18.9 Å². The first-order valence-corrected chi connectivity index (χ1v) is 7.55. The molecule has 0 saturated heterocycles. The Bertz CT molecular complexity index is 513. The van der Waals surface area contributed by atoms with Gasteiger partial charge in [-0.15, -0.1) is 0 Å². The van der Waals surface area contributed by atoms with Gasteiger partial charge in [-0.25, -0.2) is 17.6 Å². The van der Waals surface area contributed by atoms with Gasteiger partial charge in [-0.3, -0.25) is 0 Å². The van der Waals surface area contributed by atoms with Crippen molar-refractivity contribution in [1.29, 1.82) is 0 Å². The molecule has 1 aromatic heterocycles. The highest BCUT2D eigenvalue weighted by Gasteiger charge is 2.14. The van der Waals surface area contributed by atoms with Crippen LogP contribution >= 0.6 is 0 Å². The monoisotopic (exact) mass is 311 g/mol. The van der Waals surface area contributed by atoms with Gasteiger partial charge in [-0.05, 0) is 6.92 Å². The molecule has 0 aliphatic heterocycles. The summed E-state index contributed by atoms with van der Waals surface area (Å²) in [5.41, 5.74) is 0. The number of hydrogen-bond donors (Lipinski definition) is 1. The van der Waals surface area contributed by atoms with Crippen molar-refractivity contribution in [2.75, 3.05) is 18.6 Å². The first kappa shape index (κ1) is 17.9. The lowest BCUT2D eigenvalue weighted by atomic mass is 10.6. The van der Waals surface area contributed by atoms with Crippen molar-refractivity contribution < 1.29 is 35.3 Å². The van der Waals surface area contributed by atoms with Crippen molar-refractivity contribution >= 4 is 16.1 Å². The number of halogens is 1. The molecular formula is C10H18ClN3O4S. The fourth-order valence-corrected chi connectivity index (χ4v) is 1.85. The molecule has 19 heavy (non-hydrogen) atoms. The van der Waals surface area contributed by atoms with E-state index in [-0.39, 0.29) is 31.5 Å². The molecule has 1 rings (SSSR count). The van der Waals surface area contributed by atoms with E-state index in [1.807, 2.05) is 17.7 Å². The molecule has 0 aliphatic carbocycles. The average Bonchev–Trinajstić information content (AvgIpc) is 2.66. The SMILES string of the molecule is CCn1cc[n+](COCCS(C)(=O)=O)c1/C=N/O.[Cl-]. The van der Waals surface area contributed by atoms with Gasteiger partial charge >= 0.3 is 5.82 Å². The minimum absolute atomic E-state index is 0. The number of imidazole rings is 1. The predicted octanol–water partition coefficient (Wildman–Crippen LogP) is -3.37. The summed E-state index contributed by atoms with van der Waals surface area (Å²) in [5, 5.41) is 11.6. The van der Waals surface area contributed by atoms with E-state index < -0.39 is 9.84 Å². The Morgan fingerprint density at radius 2 is 2.26 bits per heavy atom. The second-order valence-electron chi connectivity index (χ2n) is 3.82. The van der Waals surface area contributed by atoms with Crippen LogP contribution in [-0.4, -0.2) is 43.0 Å². The van der Waals surface area contributed by atoms with Crippen LogP contribution in [0.1, 0.15) is 12.7 Å². The molecule has 0 aliphatic rings. The number of rotatable bonds is 7. The fraction of sp³-hybridized carbons (Fsp3) is 0.600. The molecule has 0 radical (unpaired) electrons. The summed E-state index contributed by atoms with van der Waals surface area (Å²) in [6.45, 7) is 3.05. The highest BCUT2D eigenvalue weighted by molar-refractivity contribution is 7.90.